The molecule has 0 saturated carbocycles. The molecule has 2 aromatic rings. The number of nitrogens with one attached hydrogen (secondary N) is 2. The molecule has 25 heavy (non-hydrogen) atoms. The molecule has 1 atom stereocenters. The lowest BCUT2D eigenvalue weighted by molar-refractivity contribution is -0.118. The van der Waals surface area contributed by atoms with Crippen molar-refractivity contribution in [3.8, 4) is 5.75 Å². The van der Waals surface area contributed by atoms with Crippen LogP contribution in [-0.4, -0.2) is 20.9 Å². The summed E-state index contributed by atoms with van der Waals surface area (Å²) in [6.07, 6.45) is 0.993. The number of hydrogen-bond donors (Lipinski definition) is 2. The number of hydrogen-bond acceptors (Lipinski definition) is 4. The predicted molar refractivity (Wildman–Crippen MR) is 96.5 cm³/mol. The van der Waals surface area contributed by atoms with E-state index in [9.17, 15) is 13.2 Å². The number of fused-ring (bicyclic) bond motifs is 1. The zero-order valence-corrected chi connectivity index (χ0v) is 14.9. The molecule has 2 aromatic carbocycles. The van der Waals surface area contributed by atoms with Crippen molar-refractivity contribution >= 4 is 27.3 Å². The van der Waals surface area contributed by atoms with E-state index in [-0.39, 0.29) is 17.4 Å². The van der Waals surface area contributed by atoms with Gasteiger partial charge in [0.05, 0.1) is 16.3 Å². The highest BCUT2D eigenvalue weighted by atomic mass is 32.2. The van der Waals surface area contributed by atoms with Crippen molar-refractivity contribution in [3.63, 3.8) is 0 Å². The van der Waals surface area contributed by atoms with Gasteiger partial charge < -0.3 is 10.1 Å². The van der Waals surface area contributed by atoms with Gasteiger partial charge in [0.15, 0.2) is 6.61 Å². The molecular weight excluding hydrogens is 340 g/mol. The summed E-state index contributed by atoms with van der Waals surface area (Å²) in [6, 6.07) is 11.6. The van der Waals surface area contributed by atoms with Crippen LogP contribution in [0.3, 0.4) is 0 Å². The second kappa shape index (κ2) is 6.76. The lowest BCUT2D eigenvalue weighted by Gasteiger charge is -2.19. The van der Waals surface area contributed by atoms with E-state index in [1.54, 1.807) is 24.3 Å². The maximum absolute atomic E-state index is 12.6. The summed E-state index contributed by atoms with van der Waals surface area (Å²) in [6.45, 7) is 4.15. The molecule has 1 unspecified atom stereocenters. The molecule has 1 aliphatic heterocycles. The lowest BCUT2D eigenvalue weighted by Crippen LogP contribution is -2.25. The fourth-order valence-corrected chi connectivity index (χ4v) is 3.62. The van der Waals surface area contributed by atoms with Crippen LogP contribution in [0.15, 0.2) is 47.4 Å². The molecule has 132 valence electrons. The maximum Gasteiger partial charge on any atom is 0.262 e. The summed E-state index contributed by atoms with van der Waals surface area (Å²) < 4.78 is 32.9. The number of anilines is 2. The van der Waals surface area contributed by atoms with Crippen molar-refractivity contribution in [1.29, 1.82) is 0 Å². The van der Waals surface area contributed by atoms with Crippen molar-refractivity contribution in [2.45, 2.75) is 31.1 Å². The summed E-state index contributed by atoms with van der Waals surface area (Å²) in [5.74, 6) is 0.627. The fraction of sp³-hybridized carbons (Fsp3) is 0.278. The molecule has 0 fully saturated rings. The molecule has 1 aliphatic rings. The van der Waals surface area contributed by atoms with E-state index in [1.807, 2.05) is 12.1 Å². The molecule has 6 nitrogen and oxygen atoms in total. The van der Waals surface area contributed by atoms with E-state index >= 15 is 0 Å². The van der Waals surface area contributed by atoms with Crippen LogP contribution in [0.4, 0.5) is 11.4 Å². The van der Waals surface area contributed by atoms with Gasteiger partial charge in [-0.3, -0.25) is 9.52 Å². The van der Waals surface area contributed by atoms with Crippen LogP contribution < -0.4 is 14.8 Å². The maximum atomic E-state index is 12.6. The molecule has 1 amide bonds. The van der Waals surface area contributed by atoms with Gasteiger partial charge in [0, 0.05) is 0 Å². The molecule has 7 heteroatoms. The first kappa shape index (κ1) is 17.3. The Morgan fingerprint density at radius 2 is 1.92 bits per heavy atom. The average molecular weight is 360 g/mol. The van der Waals surface area contributed by atoms with Gasteiger partial charge in [0.1, 0.15) is 5.75 Å². The van der Waals surface area contributed by atoms with E-state index in [0.717, 1.165) is 12.0 Å². The van der Waals surface area contributed by atoms with Gasteiger partial charge in [-0.15, -0.1) is 0 Å². The third kappa shape index (κ3) is 3.76. The number of sulfonamides is 1. The minimum absolute atomic E-state index is 0.0411. The SMILES string of the molecule is CCC(C)c1ccc(S(=O)(=O)Nc2ccc3c(c2)NC(=O)CO3)cc1. The van der Waals surface area contributed by atoms with Crippen LogP contribution in [0.5, 0.6) is 5.75 Å². The molecule has 0 radical (unpaired) electrons. The Morgan fingerprint density at radius 1 is 1.20 bits per heavy atom. The van der Waals surface area contributed by atoms with E-state index < -0.39 is 10.0 Å². The van der Waals surface area contributed by atoms with Gasteiger partial charge in [-0.1, -0.05) is 26.0 Å². The van der Waals surface area contributed by atoms with E-state index in [0.29, 0.717) is 23.0 Å². The highest BCUT2D eigenvalue weighted by molar-refractivity contribution is 7.92. The summed E-state index contributed by atoms with van der Waals surface area (Å²) in [5, 5.41) is 2.65. The normalized spacial score (nSPS) is 14.9. The van der Waals surface area contributed by atoms with Crippen molar-refractivity contribution < 1.29 is 17.9 Å². The highest BCUT2D eigenvalue weighted by Gasteiger charge is 2.19. The number of carbonyl (C=O) groups is 1. The number of ether oxygens (including phenoxy) is 1. The van der Waals surface area contributed by atoms with Gasteiger partial charge in [0.25, 0.3) is 15.9 Å². The predicted octanol–water partition coefficient (Wildman–Crippen LogP) is 3.33. The van der Waals surface area contributed by atoms with Gasteiger partial charge in [-0.2, -0.15) is 0 Å². The zero-order chi connectivity index (χ0) is 18.0. The van der Waals surface area contributed by atoms with Crippen molar-refractivity contribution in [3.05, 3.63) is 48.0 Å². The van der Waals surface area contributed by atoms with Crippen molar-refractivity contribution in [1.82, 2.24) is 0 Å². The Bertz CT molecular complexity index is 892. The molecule has 2 N–H and O–H groups in total. The van der Waals surface area contributed by atoms with Crippen LogP contribution in [-0.2, 0) is 14.8 Å². The minimum atomic E-state index is -3.71. The Morgan fingerprint density at radius 3 is 2.60 bits per heavy atom. The first-order valence-corrected chi connectivity index (χ1v) is 9.57. The summed E-state index contributed by atoms with van der Waals surface area (Å²) in [5.41, 5.74) is 1.91. The summed E-state index contributed by atoms with van der Waals surface area (Å²) >= 11 is 0. The van der Waals surface area contributed by atoms with E-state index in [4.69, 9.17) is 4.74 Å². The Kier molecular flexibility index (Phi) is 4.67. The smallest absolute Gasteiger partial charge is 0.262 e. The van der Waals surface area contributed by atoms with Gasteiger partial charge in [-0.05, 0) is 48.2 Å². The molecule has 0 aliphatic carbocycles. The number of benzene rings is 2. The van der Waals surface area contributed by atoms with E-state index in [1.165, 1.54) is 6.07 Å². The molecule has 3 rings (SSSR count). The fourth-order valence-electron chi connectivity index (χ4n) is 2.57. The third-order valence-corrected chi connectivity index (χ3v) is 5.63. The van der Waals surface area contributed by atoms with Crippen LogP contribution in [0.25, 0.3) is 0 Å². The quantitative estimate of drug-likeness (QED) is 0.856. The lowest BCUT2D eigenvalue weighted by atomic mass is 9.99. The Balaban J connectivity index is 1.82. The summed E-state index contributed by atoms with van der Waals surface area (Å²) in [4.78, 5) is 11.6. The van der Waals surface area contributed by atoms with Crippen molar-refractivity contribution in [2.24, 2.45) is 0 Å². The van der Waals surface area contributed by atoms with Crippen LogP contribution in [0.1, 0.15) is 31.7 Å². The molecule has 0 saturated heterocycles. The summed E-state index contributed by atoms with van der Waals surface area (Å²) in [7, 11) is -3.71. The van der Waals surface area contributed by atoms with E-state index in [2.05, 4.69) is 23.9 Å². The topological polar surface area (TPSA) is 84.5 Å². The van der Waals surface area contributed by atoms with Crippen molar-refractivity contribution in [2.75, 3.05) is 16.6 Å². The first-order valence-electron chi connectivity index (χ1n) is 8.08. The Labute approximate surface area is 147 Å². The largest absolute Gasteiger partial charge is 0.482 e. The Hall–Kier alpha value is -2.54. The second-order valence-electron chi connectivity index (χ2n) is 6.03. The van der Waals surface area contributed by atoms with Crippen LogP contribution in [0.2, 0.25) is 0 Å². The standard InChI is InChI=1S/C18H20N2O4S/c1-3-12(2)13-4-7-15(8-5-13)25(22,23)20-14-6-9-17-16(10-14)19-18(21)11-24-17/h4-10,12,20H,3,11H2,1-2H3,(H,19,21). The highest BCUT2D eigenvalue weighted by Crippen LogP contribution is 2.31. The average Bonchev–Trinajstić information content (AvgIpc) is 2.60. The minimum Gasteiger partial charge on any atom is -0.482 e. The number of amides is 1. The third-order valence-electron chi connectivity index (χ3n) is 4.24. The molecule has 1 heterocycles. The van der Waals surface area contributed by atoms with Gasteiger partial charge in [0.2, 0.25) is 0 Å². The molecule has 0 bridgehead atoms. The number of rotatable bonds is 5. The molecule has 0 spiro atoms. The van der Waals surface area contributed by atoms with Crippen LogP contribution in [0, 0.1) is 0 Å². The zero-order valence-electron chi connectivity index (χ0n) is 14.1. The van der Waals surface area contributed by atoms with Gasteiger partial charge >= 0.3 is 0 Å². The number of carbonyl (C=O) groups excluding carboxylic acids is 1. The first-order chi connectivity index (χ1) is 11.9. The molecule has 0 aromatic heterocycles. The van der Waals surface area contributed by atoms with Gasteiger partial charge in [-0.25, -0.2) is 8.42 Å². The molecular formula is C18H20N2O4S. The van der Waals surface area contributed by atoms with Crippen LogP contribution >= 0.6 is 0 Å². The second-order valence-corrected chi connectivity index (χ2v) is 7.71. The monoisotopic (exact) mass is 360 g/mol.